The van der Waals surface area contributed by atoms with Crippen molar-refractivity contribution < 1.29 is 9.59 Å². The summed E-state index contributed by atoms with van der Waals surface area (Å²) in [5, 5.41) is 3.02. The average molecular weight is 360 g/mol. The first kappa shape index (κ1) is 20.3. The van der Waals surface area contributed by atoms with Crippen LogP contribution in [0.3, 0.4) is 0 Å². The Morgan fingerprint density at radius 2 is 2.00 bits per heavy atom. The van der Waals surface area contributed by atoms with Crippen molar-refractivity contribution in [3.05, 3.63) is 23.8 Å². The molecule has 0 radical (unpaired) electrons. The van der Waals surface area contributed by atoms with Crippen LogP contribution in [0, 0.1) is 18.8 Å². The van der Waals surface area contributed by atoms with Gasteiger partial charge in [0.25, 0.3) is 0 Å². The number of rotatable bonds is 8. The molecule has 1 unspecified atom stereocenters. The zero-order valence-electron chi connectivity index (χ0n) is 16.8. The predicted molar refractivity (Wildman–Crippen MR) is 108 cm³/mol. The Morgan fingerprint density at radius 1 is 1.31 bits per heavy atom. The fourth-order valence-electron chi connectivity index (χ4n) is 3.39. The molecule has 2 rings (SSSR count). The summed E-state index contributed by atoms with van der Waals surface area (Å²) >= 11 is 0. The summed E-state index contributed by atoms with van der Waals surface area (Å²) in [6.07, 6.45) is 1.30. The van der Waals surface area contributed by atoms with Gasteiger partial charge in [-0.05, 0) is 56.9 Å². The van der Waals surface area contributed by atoms with E-state index in [2.05, 4.69) is 44.0 Å². The maximum atomic E-state index is 12.6. The van der Waals surface area contributed by atoms with Crippen LogP contribution >= 0.6 is 0 Å². The molecule has 1 fully saturated rings. The molecule has 26 heavy (non-hydrogen) atoms. The predicted octanol–water partition coefficient (Wildman–Crippen LogP) is 3.67. The number of likely N-dealkylation sites (tertiary alicyclic amines) is 1. The highest BCUT2D eigenvalue weighted by atomic mass is 16.2. The summed E-state index contributed by atoms with van der Waals surface area (Å²) in [4.78, 5) is 28.9. The van der Waals surface area contributed by atoms with Crippen LogP contribution < -0.4 is 10.2 Å². The first-order valence-corrected chi connectivity index (χ1v) is 9.79. The molecule has 144 valence electrons. The first-order chi connectivity index (χ1) is 12.3. The normalized spacial score (nSPS) is 17.1. The number of benzene rings is 1. The highest BCUT2D eigenvalue weighted by Crippen LogP contribution is 2.25. The molecule has 1 aromatic carbocycles. The van der Waals surface area contributed by atoms with E-state index in [0.717, 1.165) is 37.3 Å². The number of hydrogen-bond donors (Lipinski definition) is 1. The highest BCUT2D eigenvalue weighted by molar-refractivity contribution is 5.97. The van der Waals surface area contributed by atoms with Crippen LogP contribution in [0.4, 0.5) is 11.4 Å². The van der Waals surface area contributed by atoms with Crippen LogP contribution in [0.5, 0.6) is 0 Å². The molecule has 1 aliphatic rings. The van der Waals surface area contributed by atoms with E-state index in [9.17, 15) is 9.59 Å². The minimum Gasteiger partial charge on any atom is -0.372 e. The molecule has 1 atom stereocenters. The van der Waals surface area contributed by atoms with Crippen LogP contribution in [0.15, 0.2) is 18.2 Å². The summed E-state index contributed by atoms with van der Waals surface area (Å²) in [6.45, 7) is 13.8. The summed E-state index contributed by atoms with van der Waals surface area (Å²) in [6, 6.07) is 6.12. The second-order valence-corrected chi connectivity index (χ2v) is 7.58. The lowest BCUT2D eigenvalue weighted by Gasteiger charge is -2.22. The largest absolute Gasteiger partial charge is 0.372 e. The molecular weight excluding hydrogens is 326 g/mol. The number of nitrogens with one attached hydrogen (secondary N) is 1. The molecule has 5 nitrogen and oxygen atoms in total. The summed E-state index contributed by atoms with van der Waals surface area (Å²) in [5.41, 5.74) is 3.05. The van der Waals surface area contributed by atoms with Gasteiger partial charge in [0, 0.05) is 44.0 Å². The highest BCUT2D eigenvalue weighted by Gasteiger charge is 2.34. The topological polar surface area (TPSA) is 52.7 Å². The van der Waals surface area contributed by atoms with Gasteiger partial charge >= 0.3 is 0 Å². The third kappa shape index (κ3) is 4.99. The van der Waals surface area contributed by atoms with E-state index in [1.807, 2.05) is 24.0 Å². The Bertz CT molecular complexity index is 638. The van der Waals surface area contributed by atoms with E-state index in [-0.39, 0.29) is 17.7 Å². The molecule has 2 amide bonds. The van der Waals surface area contributed by atoms with Crippen LogP contribution in [0.25, 0.3) is 0 Å². The molecule has 1 aromatic rings. The monoisotopic (exact) mass is 359 g/mol. The van der Waals surface area contributed by atoms with Crippen molar-refractivity contribution >= 4 is 23.2 Å². The Labute approximate surface area is 157 Å². The molecule has 0 aliphatic carbocycles. The van der Waals surface area contributed by atoms with Gasteiger partial charge in [-0.1, -0.05) is 13.8 Å². The third-order valence-corrected chi connectivity index (χ3v) is 5.16. The maximum absolute atomic E-state index is 12.6. The molecule has 1 heterocycles. The van der Waals surface area contributed by atoms with Crippen molar-refractivity contribution in [3.8, 4) is 0 Å². The lowest BCUT2D eigenvalue weighted by molar-refractivity contribution is -0.128. The zero-order chi connectivity index (χ0) is 19.3. The minimum absolute atomic E-state index is 0.0518. The van der Waals surface area contributed by atoms with Crippen LogP contribution in [-0.2, 0) is 9.59 Å². The SMILES string of the molecule is CCN(CC)c1ccc(NC(=O)C2CC(=O)N(CCC(C)C)C2)c(C)c1. The summed E-state index contributed by atoms with van der Waals surface area (Å²) < 4.78 is 0. The Balaban J connectivity index is 1.98. The second-order valence-electron chi connectivity index (χ2n) is 7.58. The number of anilines is 2. The van der Waals surface area contributed by atoms with Crippen molar-refractivity contribution in [2.24, 2.45) is 11.8 Å². The van der Waals surface area contributed by atoms with Gasteiger partial charge in [0.2, 0.25) is 11.8 Å². The van der Waals surface area contributed by atoms with Gasteiger partial charge in [-0.2, -0.15) is 0 Å². The van der Waals surface area contributed by atoms with Gasteiger partial charge in [0.05, 0.1) is 5.92 Å². The molecule has 5 heteroatoms. The van der Waals surface area contributed by atoms with Crippen molar-refractivity contribution in [3.63, 3.8) is 0 Å². The fourth-order valence-corrected chi connectivity index (χ4v) is 3.39. The number of hydrogen-bond acceptors (Lipinski definition) is 3. The van der Waals surface area contributed by atoms with E-state index < -0.39 is 0 Å². The Kier molecular flexibility index (Phi) is 7.06. The Morgan fingerprint density at radius 3 is 2.58 bits per heavy atom. The number of amides is 2. The van der Waals surface area contributed by atoms with Crippen LogP contribution in [0.1, 0.15) is 46.1 Å². The first-order valence-electron chi connectivity index (χ1n) is 9.79. The van der Waals surface area contributed by atoms with Gasteiger partial charge < -0.3 is 15.1 Å². The number of carbonyl (C=O) groups is 2. The minimum atomic E-state index is -0.253. The van der Waals surface area contributed by atoms with Crippen molar-refractivity contribution in [1.29, 1.82) is 0 Å². The van der Waals surface area contributed by atoms with E-state index in [1.54, 1.807) is 0 Å². The molecule has 1 N–H and O–H groups in total. The van der Waals surface area contributed by atoms with Crippen molar-refractivity contribution in [2.45, 2.75) is 47.5 Å². The van der Waals surface area contributed by atoms with Gasteiger partial charge in [-0.25, -0.2) is 0 Å². The van der Waals surface area contributed by atoms with E-state index >= 15 is 0 Å². The standard InChI is InChI=1S/C21H33N3O2/c1-6-23(7-2)18-8-9-19(16(5)12-18)22-21(26)17-13-20(25)24(14-17)11-10-15(3)4/h8-9,12,15,17H,6-7,10-11,13-14H2,1-5H3,(H,22,26). The van der Waals surface area contributed by atoms with Crippen LogP contribution in [-0.4, -0.2) is 42.9 Å². The lowest BCUT2D eigenvalue weighted by Crippen LogP contribution is -2.29. The summed E-state index contributed by atoms with van der Waals surface area (Å²) in [7, 11) is 0. The zero-order valence-corrected chi connectivity index (χ0v) is 16.8. The van der Waals surface area contributed by atoms with Gasteiger partial charge in [-0.3, -0.25) is 9.59 Å². The quantitative estimate of drug-likeness (QED) is 0.770. The molecule has 0 aromatic heterocycles. The van der Waals surface area contributed by atoms with Gasteiger partial charge in [-0.15, -0.1) is 0 Å². The number of aryl methyl sites for hydroxylation is 1. The van der Waals surface area contributed by atoms with Gasteiger partial charge in [0.15, 0.2) is 0 Å². The number of nitrogens with zero attached hydrogens (tertiary/aromatic N) is 2. The molecule has 0 spiro atoms. The molecule has 1 aliphatic heterocycles. The van der Waals surface area contributed by atoms with Crippen molar-refractivity contribution in [1.82, 2.24) is 4.90 Å². The second kappa shape index (κ2) is 9.06. The van der Waals surface area contributed by atoms with E-state index in [0.29, 0.717) is 18.9 Å². The molecular formula is C21H33N3O2. The molecule has 1 saturated heterocycles. The molecule has 0 saturated carbocycles. The smallest absolute Gasteiger partial charge is 0.229 e. The van der Waals surface area contributed by atoms with Crippen LogP contribution in [0.2, 0.25) is 0 Å². The summed E-state index contributed by atoms with van der Waals surface area (Å²) in [5.74, 6) is 0.350. The average Bonchev–Trinajstić information content (AvgIpc) is 2.97. The van der Waals surface area contributed by atoms with Gasteiger partial charge in [0.1, 0.15) is 0 Å². The third-order valence-electron chi connectivity index (χ3n) is 5.16. The fraction of sp³-hybridized carbons (Fsp3) is 0.619. The van der Waals surface area contributed by atoms with Crippen molar-refractivity contribution in [2.75, 3.05) is 36.4 Å². The molecule has 0 bridgehead atoms. The maximum Gasteiger partial charge on any atom is 0.229 e. The van der Waals surface area contributed by atoms with E-state index in [1.165, 1.54) is 5.69 Å². The van der Waals surface area contributed by atoms with E-state index in [4.69, 9.17) is 0 Å². The Hall–Kier alpha value is -2.04. The lowest BCUT2D eigenvalue weighted by atomic mass is 10.1. The number of carbonyl (C=O) groups excluding carboxylic acids is 2.